The first-order chi connectivity index (χ1) is 6.27. The molecule has 0 rings (SSSR count). The van der Waals surface area contributed by atoms with Gasteiger partial charge in [-0.3, -0.25) is 0 Å². The molecule has 0 aliphatic heterocycles. The molecule has 3 heteroatoms. The molecule has 0 amide bonds. The van der Waals surface area contributed by atoms with E-state index < -0.39 is 0 Å². The lowest BCUT2D eigenvalue weighted by molar-refractivity contribution is 0.192. The van der Waals surface area contributed by atoms with Gasteiger partial charge in [-0.1, -0.05) is 13.8 Å². The SMILES string of the molecule is COCCCCNCCNC(C)C. The molecule has 2 N–H and O–H groups in total. The van der Waals surface area contributed by atoms with Crippen LogP contribution in [-0.2, 0) is 4.74 Å². The highest BCUT2D eigenvalue weighted by Gasteiger charge is 1.91. The molecule has 0 aromatic heterocycles. The average Bonchev–Trinajstić information content (AvgIpc) is 2.09. The summed E-state index contributed by atoms with van der Waals surface area (Å²) in [6.45, 7) is 8.43. The lowest BCUT2D eigenvalue weighted by atomic mass is 10.3. The van der Waals surface area contributed by atoms with Gasteiger partial charge in [-0.15, -0.1) is 0 Å². The second kappa shape index (κ2) is 9.96. The molecule has 0 unspecified atom stereocenters. The van der Waals surface area contributed by atoms with Crippen molar-refractivity contribution in [1.82, 2.24) is 10.6 Å². The standard InChI is InChI=1S/C10H24N2O/c1-10(2)12-8-7-11-6-4-5-9-13-3/h10-12H,4-9H2,1-3H3. The Morgan fingerprint density at radius 3 is 2.46 bits per heavy atom. The smallest absolute Gasteiger partial charge is 0.0462 e. The Hall–Kier alpha value is -0.120. The summed E-state index contributed by atoms with van der Waals surface area (Å²) in [5, 5.41) is 6.74. The van der Waals surface area contributed by atoms with Crippen molar-refractivity contribution in [3.05, 3.63) is 0 Å². The fraction of sp³-hybridized carbons (Fsp3) is 1.00. The van der Waals surface area contributed by atoms with E-state index in [1.807, 2.05) is 0 Å². The van der Waals surface area contributed by atoms with Crippen LogP contribution in [0, 0.1) is 0 Å². The Morgan fingerprint density at radius 2 is 1.85 bits per heavy atom. The highest BCUT2D eigenvalue weighted by atomic mass is 16.5. The van der Waals surface area contributed by atoms with Gasteiger partial charge in [-0.25, -0.2) is 0 Å². The summed E-state index contributed by atoms with van der Waals surface area (Å²) in [6.07, 6.45) is 2.36. The van der Waals surface area contributed by atoms with E-state index >= 15 is 0 Å². The number of unbranched alkanes of at least 4 members (excludes halogenated alkanes) is 1. The van der Waals surface area contributed by atoms with Crippen molar-refractivity contribution >= 4 is 0 Å². The molecule has 0 heterocycles. The summed E-state index contributed by atoms with van der Waals surface area (Å²) in [4.78, 5) is 0. The maximum atomic E-state index is 4.96. The molecule has 0 saturated carbocycles. The van der Waals surface area contributed by atoms with Crippen molar-refractivity contribution in [2.75, 3.05) is 33.4 Å². The van der Waals surface area contributed by atoms with Crippen molar-refractivity contribution in [3.8, 4) is 0 Å². The predicted molar refractivity (Wildman–Crippen MR) is 57.1 cm³/mol. The second-order valence-corrected chi connectivity index (χ2v) is 3.56. The Bertz CT molecular complexity index is 96.9. The highest BCUT2D eigenvalue weighted by Crippen LogP contribution is 1.85. The van der Waals surface area contributed by atoms with Crippen LogP contribution in [0.4, 0.5) is 0 Å². The first-order valence-corrected chi connectivity index (χ1v) is 5.20. The summed E-state index contributed by atoms with van der Waals surface area (Å²) in [7, 11) is 1.75. The zero-order valence-electron chi connectivity index (χ0n) is 9.23. The number of rotatable bonds is 9. The molecule has 3 nitrogen and oxygen atoms in total. The summed E-state index contributed by atoms with van der Waals surface area (Å²) in [5.41, 5.74) is 0. The summed E-state index contributed by atoms with van der Waals surface area (Å²) < 4.78 is 4.96. The van der Waals surface area contributed by atoms with Crippen LogP contribution in [0.1, 0.15) is 26.7 Å². The van der Waals surface area contributed by atoms with Crippen molar-refractivity contribution in [1.29, 1.82) is 0 Å². The Labute approximate surface area is 82.2 Å². The van der Waals surface area contributed by atoms with Gasteiger partial charge in [0.05, 0.1) is 0 Å². The molecule has 13 heavy (non-hydrogen) atoms. The van der Waals surface area contributed by atoms with Crippen molar-refractivity contribution in [3.63, 3.8) is 0 Å². The van der Waals surface area contributed by atoms with Crippen molar-refractivity contribution in [2.45, 2.75) is 32.7 Å². The van der Waals surface area contributed by atoms with Gasteiger partial charge < -0.3 is 15.4 Å². The van der Waals surface area contributed by atoms with Gasteiger partial charge in [-0.05, 0) is 19.4 Å². The van der Waals surface area contributed by atoms with Crippen LogP contribution in [0.15, 0.2) is 0 Å². The van der Waals surface area contributed by atoms with E-state index in [0.29, 0.717) is 6.04 Å². The van der Waals surface area contributed by atoms with Gasteiger partial charge >= 0.3 is 0 Å². The van der Waals surface area contributed by atoms with E-state index in [4.69, 9.17) is 4.74 Å². The fourth-order valence-corrected chi connectivity index (χ4v) is 1.07. The minimum Gasteiger partial charge on any atom is -0.385 e. The molecule has 0 radical (unpaired) electrons. The normalized spacial score (nSPS) is 11.1. The molecule has 0 atom stereocenters. The second-order valence-electron chi connectivity index (χ2n) is 3.56. The number of hydrogen-bond donors (Lipinski definition) is 2. The first-order valence-electron chi connectivity index (χ1n) is 5.20. The lowest BCUT2D eigenvalue weighted by Gasteiger charge is -2.08. The monoisotopic (exact) mass is 188 g/mol. The first kappa shape index (κ1) is 12.9. The van der Waals surface area contributed by atoms with E-state index in [1.54, 1.807) is 7.11 Å². The van der Waals surface area contributed by atoms with Gasteiger partial charge in [0.2, 0.25) is 0 Å². The molecule has 80 valence electrons. The molecular weight excluding hydrogens is 164 g/mol. The maximum absolute atomic E-state index is 4.96. The van der Waals surface area contributed by atoms with Gasteiger partial charge in [0.1, 0.15) is 0 Å². The van der Waals surface area contributed by atoms with Gasteiger partial charge in [0, 0.05) is 32.8 Å². The Morgan fingerprint density at radius 1 is 1.08 bits per heavy atom. The zero-order chi connectivity index (χ0) is 9.94. The number of hydrogen-bond acceptors (Lipinski definition) is 3. The van der Waals surface area contributed by atoms with E-state index in [0.717, 1.165) is 32.7 Å². The molecule has 0 aliphatic rings. The van der Waals surface area contributed by atoms with E-state index in [9.17, 15) is 0 Å². The van der Waals surface area contributed by atoms with Crippen LogP contribution >= 0.6 is 0 Å². The van der Waals surface area contributed by atoms with Crippen LogP contribution in [0.3, 0.4) is 0 Å². The van der Waals surface area contributed by atoms with Gasteiger partial charge in [-0.2, -0.15) is 0 Å². The van der Waals surface area contributed by atoms with Crippen molar-refractivity contribution in [2.24, 2.45) is 0 Å². The third kappa shape index (κ3) is 11.9. The molecule has 0 saturated heterocycles. The minimum atomic E-state index is 0.593. The number of methoxy groups -OCH3 is 1. The summed E-state index contributed by atoms with van der Waals surface area (Å²) >= 11 is 0. The number of nitrogens with one attached hydrogen (secondary N) is 2. The molecule has 0 fully saturated rings. The molecule has 0 aromatic carbocycles. The van der Waals surface area contributed by atoms with Crippen LogP contribution in [0.2, 0.25) is 0 Å². The van der Waals surface area contributed by atoms with E-state index in [2.05, 4.69) is 24.5 Å². The predicted octanol–water partition coefficient (Wildman–Crippen LogP) is 1.00. The molecule has 0 aromatic rings. The van der Waals surface area contributed by atoms with Crippen molar-refractivity contribution < 1.29 is 4.74 Å². The van der Waals surface area contributed by atoms with Gasteiger partial charge in [0.15, 0.2) is 0 Å². The summed E-state index contributed by atoms with van der Waals surface area (Å²) in [5.74, 6) is 0. The maximum Gasteiger partial charge on any atom is 0.0462 e. The van der Waals surface area contributed by atoms with Crippen LogP contribution in [-0.4, -0.2) is 39.4 Å². The number of ether oxygens (including phenoxy) is 1. The average molecular weight is 188 g/mol. The van der Waals surface area contributed by atoms with Gasteiger partial charge in [0.25, 0.3) is 0 Å². The van der Waals surface area contributed by atoms with Crippen LogP contribution in [0.5, 0.6) is 0 Å². The largest absolute Gasteiger partial charge is 0.385 e. The third-order valence-corrected chi connectivity index (χ3v) is 1.81. The molecule has 0 bridgehead atoms. The van der Waals surface area contributed by atoms with E-state index in [-0.39, 0.29) is 0 Å². The Balaban J connectivity index is 2.84. The zero-order valence-corrected chi connectivity index (χ0v) is 9.23. The lowest BCUT2D eigenvalue weighted by Crippen LogP contribution is -2.32. The summed E-state index contributed by atoms with van der Waals surface area (Å²) in [6, 6.07) is 0.593. The quantitative estimate of drug-likeness (QED) is 0.530. The van der Waals surface area contributed by atoms with Crippen LogP contribution < -0.4 is 10.6 Å². The van der Waals surface area contributed by atoms with E-state index in [1.165, 1.54) is 6.42 Å². The topological polar surface area (TPSA) is 33.3 Å². The molecule has 0 spiro atoms. The Kier molecular flexibility index (Phi) is 9.87. The molecular formula is C10H24N2O. The van der Waals surface area contributed by atoms with Crippen LogP contribution in [0.25, 0.3) is 0 Å². The highest BCUT2D eigenvalue weighted by molar-refractivity contribution is 4.55. The minimum absolute atomic E-state index is 0.593. The fourth-order valence-electron chi connectivity index (χ4n) is 1.07. The molecule has 0 aliphatic carbocycles. The third-order valence-electron chi connectivity index (χ3n) is 1.81.